The Bertz CT molecular complexity index is 357. The zero-order valence-corrected chi connectivity index (χ0v) is 8.83. The fourth-order valence-corrected chi connectivity index (χ4v) is 1.26. The number of nitrogens with one attached hydrogen (secondary N) is 1. The van der Waals surface area contributed by atoms with E-state index in [1.807, 2.05) is 20.9 Å². The minimum absolute atomic E-state index is 0.600. The van der Waals surface area contributed by atoms with Crippen LogP contribution in [0.4, 0.5) is 5.69 Å². The van der Waals surface area contributed by atoms with Crippen molar-refractivity contribution in [2.75, 3.05) is 5.32 Å². The largest absolute Gasteiger partial charge is 0.480 e. The monoisotopic (exact) mass is 197 g/mol. The molecule has 0 saturated heterocycles. The van der Waals surface area contributed by atoms with Gasteiger partial charge < -0.3 is 10.4 Å². The fourth-order valence-electron chi connectivity index (χ4n) is 1.26. The number of hydrogen-bond acceptors (Lipinski definition) is 3. The van der Waals surface area contributed by atoms with Crippen LogP contribution in [0, 0.1) is 13.8 Å². The quantitative estimate of drug-likeness (QED) is 0.756. The molecule has 1 heterocycles. The molecule has 5 heteroatoms. The number of hydrogen-bond donors (Lipinski definition) is 2. The smallest absolute Gasteiger partial charge is 0.325 e. The van der Waals surface area contributed by atoms with E-state index < -0.39 is 12.0 Å². The Balaban J connectivity index is 2.91. The van der Waals surface area contributed by atoms with E-state index in [0.29, 0.717) is 0 Å². The summed E-state index contributed by atoms with van der Waals surface area (Å²) in [5.74, 6) is -0.868. The first kappa shape index (κ1) is 10.6. The average Bonchev–Trinajstić information content (AvgIpc) is 2.32. The summed E-state index contributed by atoms with van der Waals surface area (Å²) in [5.41, 5.74) is 2.57. The maximum Gasteiger partial charge on any atom is 0.325 e. The van der Waals surface area contributed by atoms with Crippen molar-refractivity contribution in [2.45, 2.75) is 26.8 Å². The minimum atomic E-state index is -0.868. The molecule has 0 bridgehead atoms. The number of aryl methyl sites for hydroxylation is 2. The second kappa shape index (κ2) is 3.69. The summed E-state index contributed by atoms with van der Waals surface area (Å²) in [5, 5.41) is 15.8. The number of carboxylic acid groups (broad SMARTS) is 1. The summed E-state index contributed by atoms with van der Waals surface area (Å²) in [7, 11) is 1.83. The van der Waals surface area contributed by atoms with Gasteiger partial charge in [0, 0.05) is 7.05 Å². The van der Waals surface area contributed by atoms with Crippen molar-refractivity contribution in [3.63, 3.8) is 0 Å². The first-order valence-corrected chi connectivity index (χ1v) is 4.43. The van der Waals surface area contributed by atoms with Crippen LogP contribution < -0.4 is 5.32 Å². The third-order valence-electron chi connectivity index (χ3n) is 2.24. The maximum absolute atomic E-state index is 10.6. The minimum Gasteiger partial charge on any atom is -0.480 e. The Morgan fingerprint density at radius 2 is 2.14 bits per heavy atom. The first-order valence-electron chi connectivity index (χ1n) is 4.43. The molecule has 0 unspecified atom stereocenters. The number of anilines is 1. The standard InChI is InChI=1S/C9H15N3O2/c1-5-8(7(3)12(4)11-5)10-6(2)9(13)14/h6,10H,1-4H3,(H,13,14)/t6-/m0/s1. The third-order valence-corrected chi connectivity index (χ3v) is 2.24. The van der Waals surface area contributed by atoms with E-state index in [9.17, 15) is 4.79 Å². The van der Waals surface area contributed by atoms with Gasteiger partial charge in [0.1, 0.15) is 6.04 Å². The SMILES string of the molecule is Cc1nn(C)c(C)c1N[C@@H](C)C(=O)O. The van der Waals surface area contributed by atoms with Crippen molar-refractivity contribution in [3.8, 4) is 0 Å². The zero-order valence-electron chi connectivity index (χ0n) is 8.83. The molecular weight excluding hydrogens is 182 g/mol. The van der Waals surface area contributed by atoms with Crippen LogP contribution in [-0.2, 0) is 11.8 Å². The van der Waals surface area contributed by atoms with Gasteiger partial charge in [-0.25, -0.2) is 0 Å². The van der Waals surface area contributed by atoms with Gasteiger partial charge in [-0.2, -0.15) is 5.10 Å². The van der Waals surface area contributed by atoms with Crippen molar-refractivity contribution in [3.05, 3.63) is 11.4 Å². The van der Waals surface area contributed by atoms with Crippen molar-refractivity contribution < 1.29 is 9.90 Å². The zero-order chi connectivity index (χ0) is 10.9. The van der Waals surface area contributed by atoms with Crippen LogP contribution in [0.15, 0.2) is 0 Å². The molecule has 1 atom stereocenters. The Morgan fingerprint density at radius 3 is 2.50 bits per heavy atom. The molecule has 0 fully saturated rings. The maximum atomic E-state index is 10.6. The number of rotatable bonds is 3. The van der Waals surface area contributed by atoms with Gasteiger partial charge in [0.15, 0.2) is 0 Å². The summed E-state index contributed by atoms with van der Waals surface area (Å²) in [6.45, 7) is 5.36. The van der Waals surface area contributed by atoms with E-state index in [1.165, 1.54) is 0 Å². The second-order valence-corrected chi connectivity index (χ2v) is 3.37. The number of aliphatic carboxylic acids is 1. The van der Waals surface area contributed by atoms with Crippen LogP contribution in [0.25, 0.3) is 0 Å². The van der Waals surface area contributed by atoms with Crippen molar-refractivity contribution in [1.82, 2.24) is 9.78 Å². The number of aromatic nitrogens is 2. The van der Waals surface area contributed by atoms with Gasteiger partial charge >= 0.3 is 5.97 Å². The number of nitrogens with zero attached hydrogens (tertiary/aromatic N) is 2. The lowest BCUT2D eigenvalue weighted by Crippen LogP contribution is -2.25. The van der Waals surface area contributed by atoms with E-state index in [0.717, 1.165) is 17.1 Å². The molecule has 1 aromatic rings. The molecule has 0 radical (unpaired) electrons. The van der Waals surface area contributed by atoms with Crippen molar-refractivity contribution >= 4 is 11.7 Å². The Kier molecular flexibility index (Phi) is 2.78. The van der Waals surface area contributed by atoms with Crippen LogP contribution in [0.1, 0.15) is 18.3 Å². The van der Waals surface area contributed by atoms with Crippen molar-refractivity contribution in [1.29, 1.82) is 0 Å². The number of carboxylic acids is 1. The molecule has 0 aliphatic carbocycles. The van der Waals surface area contributed by atoms with E-state index in [4.69, 9.17) is 5.11 Å². The molecular formula is C9H15N3O2. The summed E-state index contributed by atoms with van der Waals surface area (Å²) in [4.78, 5) is 10.6. The second-order valence-electron chi connectivity index (χ2n) is 3.37. The van der Waals surface area contributed by atoms with E-state index in [2.05, 4.69) is 10.4 Å². The Hall–Kier alpha value is -1.52. The van der Waals surface area contributed by atoms with E-state index in [-0.39, 0.29) is 0 Å². The highest BCUT2D eigenvalue weighted by Gasteiger charge is 2.15. The first-order chi connectivity index (χ1) is 6.43. The normalized spacial score (nSPS) is 12.6. The molecule has 2 N–H and O–H groups in total. The van der Waals surface area contributed by atoms with Gasteiger partial charge in [-0.05, 0) is 20.8 Å². The summed E-state index contributed by atoms with van der Waals surface area (Å²) in [6.07, 6.45) is 0. The fraction of sp³-hybridized carbons (Fsp3) is 0.556. The molecule has 0 spiro atoms. The van der Waals surface area contributed by atoms with Crippen molar-refractivity contribution in [2.24, 2.45) is 7.05 Å². The Labute approximate surface area is 82.7 Å². The lowest BCUT2D eigenvalue weighted by Gasteiger charge is -2.10. The van der Waals surface area contributed by atoms with Crippen LogP contribution in [-0.4, -0.2) is 26.9 Å². The van der Waals surface area contributed by atoms with Gasteiger partial charge in [0.2, 0.25) is 0 Å². The molecule has 0 aliphatic rings. The van der Waals surface area contributed by atoms with E-state index >= 15 is 0 Å². The van der Waals surface area contributed by atoms with Gasteiger partial charge in [-0.15, -0.1) is 0 Å². The molecule has 14 heavy (non-hydrogen) atoms. The highest BCUT2D eigenvalue weighted by Crippen LogP contribution is 2.19. The van der Waals surface area contributed by atoms with Crippen LogP contribution in [0.2, 0.25) is 0 Å². The average molecular weight is 197 g/mol. The predicted octanol–water partition coefficient (Wildman–Crippen LogP) is 0.922. The molecule has 0 saturated carbocycles. The van der Waals surface area contributed by atoms with Gasteiger partial charge in [-0.3, -0.25) is 9.48 Å². The molecule has 5 nitrogen and oxygen atoms in total. The third kappa shape index (κ3) is 1.86. The van der Waals surface area contributed by atoms with Crippen LogP contribution in [0.5, 0.6) is 0 Å². The van der Waals surface area contributed by atoms with Gasteiger partial charge in [0.25, 0.3) is 0 Å². The van der Waals surface area contributed by atoms with Crippen LogP contribution >= 0.6 is 0 Å². The Morgan fingerprint density at radius 1 is 1.57 bits per heavy atom. The lowest BCUT2D eigenvalue weighted by molar-refractivity contribution is -0.137. The highest BCUT2D eigenvalue weighted by atomic mass is 16.4. The molecule has 1 rings (SSSR count). The molecule has 0 amide bonds. The molecule has 0 aromatic carbocycles. The van der Waals surface area contributed by atoms with Crippen LogP contribution in [0.3, 0.4) is 0 Å². The molecule has 1 aromatic heterocycles. The summed E-state index contributed by atoms with van der Waals surface area (Å²) >= 11 is 0. The molecule has 78 valence electrons. The summed E-state index contributed by atoms with van der Waals surface area (Å²) < 4.78 is 1.73. The number of carbonyl (C=O) groups is 1. The van der Waals surface area contributed by atoms with E-state index in [1.54, 1.807) is 11.6 Å². The van der Waals surface area contributed by atoms with Gasteiger partial charge in [0.05, 0.1) is 17.1 Å². The van der Waals surface area contributed by atoms with Gasteiger partial charge in [-0.1, -0.05) is 0 Å². The molecule has 0 aliphatic heterocycles. The highest BCUT2D eigenvalue weighted by molar-refractivity contribution is 5.77. The lowest BCUT2D eigenvalue weighted by atomic mass is 10.2. The predicted molar refractivity (Wildman–Crippen MR) is 53.4 cm³/mol. The topological polar surface area (TPSA) is 67.2 Å². The summed E-state index contributed by atoms with van der Waals surface area (Å²) in [6, 6.07) is -0.600.